The van der Waals surface area contributed by atoms with E-state index in [9.17, 15) is 41.3 Å². The Balaban J connectivity index is 1.68. The molecule has 0 bridgehead atoms. The molecule has 2 heterocycles. The zero-order chi connectivity index (χ0) is 28.0. The molecule has 206 valence electrons. The average Bonchev–Trinajstić information content (AvgIpc) is 3.11. The molecule has 0 spiro atoms. The first-order chi connectivity index (χ1) is 17.6. The summed E-state index contributed by atoms with van der Waals surface area (Å²) in [7, 11) is 0. The number of alkyl halides is 6. The van der Waals surface area contributed by atoms with Gasteiger partial charge in [0, 0.05) is 36.5 Å². The number of nitrogens with zero attached hydrogens (tertiary/aromatic N) is 3. The summed E-state index contributed by atoms with van der Waals surface area (Å²) in [5.41, 5.74) is -2.58. The zero-order valence-corrected chi connectivity index (χ0v) is 20.5. The molecule has 2 aromatic carbocycles. The second kappa shape index (κ2) is 9.99. The molecule has 38 heavy (non-hydrogen) atoms. The average molecular weight is 545 g/mol. The van der Waals surface area contributed by atoms with E-state index in [2.05, 4.69) is 11.8 Å². The molecule has 4 rings (SSSR count). The lowest BCUT2D eigenvalue weighted by Gasteiger charge is -2.34. The van der Waals surface area contributed by atoms with Gasteiger partial charge in [0.1, 0.15) is 6.10 Å². The van der Waals surface area contributed by atoms with Crippen molar-refractivity contribution < 1.29 is 40.8 Å². The van der Waals surface area contributed by atoms with Crippen molar-refractivity contribution in [3.05, 3.63) is 68.8 Å². The highest BCUT2D eigenvalue weighted by Gasteiger charge is 2.43. The SMILES string of the molecule is CC1CCCN(c2ccc([N+](=O)[O-])cc2CN2C(=O)O[C@H](c3cc(C(F)(F)F)cc(C(F)(F)F)c3)[C@@H]2C)C1. The van der Waals surface area contributed by atoms with Crippen LogP contribution in [0.25, 0.3) is 0 Å². The number of halogens is 6. The number of anilines is 1. The number of amides is 1. The van der Waals surface area contributed by atoms with E-state index in [1.54, 1.807) is 6.07 Å². The maximum atomic E-state index is 13.4. The molecule has 3 atom stereocenters. The Morgan fingerprint density at radius 1 is 1.03 bits per heavy atom. The number of carbonyl (C=O) groups is 1. The van der Waals surface area contributed by atoms with E-state index >= 15 is 0 Å². The van der Waals surface area contributed by atoms with E-state index in [1.807, 2.05) is 0 Å². The molecule has 2 saturated heterocycles. The van der Waals surface area contributed by atoms with Gasteiger partial charge in [-0.1, -0.05) is 6.92 Å². The van der Waals surface area contributed by atoms with Gasteiger partial charge >= 0.3 is 18.4 Å². The van der Waals surface area contributed by atoms with E-state index in [0.717, 1.165) is 17.7 Å². The molecule has 0 radical (unpaired) electrons. The molecule has 1 unspecified atom stereocenters. The number of ether oxygens (including phenoxy) is 1. The lowest BCUT2D eigenvalue weighted by atomic mass is 9.97. The maximum absolute atomic E-state index is 13.4. The minimum Gasteiger partial charge on any atom is -0.439 e. The maximum Gasteiger partial charge on any atom is 0.416 e. The molecule has 0 aromatic heterocycles. The van der Waals surface area contributed by atoms with Crippen LogP contribution in [-0.2, 0) is 23.6 Å². The minimum atomic E-state index is -5.05. The highest BCUT2D eigenvalue weighted by molar-refractivity contribution is 5.72. The second-order valence-corrected chi connectivity index (χ2v) is 9.78. The van der Waals surface area contributed by atoms with Gasteiger partial charge in [0.2, 0.25) is 0 Å². The summed E-state index contributed by atoms with van der Waals surface area (Å²) in [6, 6.07) is 4.42. The van der Waals surface area contributed by atoms with Gasteiger partial charge in [-0.3, -0.25) is 15.0 Å². The van der Waals surface area contributed by atoms with Crippen LogP contribution >= 0.6 is 0 Å². The number of nitro groups is 1. The highest BCUT2D eigenvalue weighted by atomic mass is 19.4. The monoisotopic (exact) mass is 545 g/mol. The van der Waals surface area contributed by atoms with Gasteiger partial charge in [0.15, 0.2) is 0 Å². The molecule has 0 N–H and O–H groups in total. The number of cyclic esters (lactones) is 1. The van der Waals surface area contributed by atoms with Crippen molar-refractivity contribution in [2.24, 2.45) is 5.92 Å². The molecule has 0 aliphatic carbocycles. The van der Waals surface area contributed by atoms with Gasteiger partial charge in [-0.2, -0.15) is 26.3 Å². The first-order valence-electron chi connectivity index (χ1n) is 11.9. The van der Waals surface area contributed by atoms with Gasteiger partial charge < -0.3 is 9.64 Å². The number of nitro benzene ring substituents is 1. The van der Waals surface area contributed by atoms with Crippen LogP contribution in [0.15, 0.2) is 36.4 Å². The van der Waals surface area contributed by atoms with Crippen molar-refractivity contribution in [1.82, 2.24) is 4.90 Å². The van der Waals surface area contributed by atoms with Gasteiger partial charge in [0.25, 0.3) is 5.69 Å². The van der Waals surface area contributed by atoms with Crippen LogP contribution in [0, 0.1) is 16.0 Å². The van der Waals surface area contributed by atoms with Crippen LogP contribution in [0.5, 0.6) is 0 Å². The molecule has 2 fully saturated rings. The Hall–Kier alpha value is -3.51. The first-order valence-corrected chi connectivity index (χ1v) is 11.9. The van der Waals surface area contributed by atoms with Crippen LogP contribution in [0.1, 0.15) is 55.0 Å². The Labute approximate surface area is 214 Å². The summed E-state index contributed by atoms with van der Waals surface area (Å²) in [5.74, 6) is 0.371. The molecular weight excluding hydrogens is 520 g/mol. The van der Waals surface area contributed by atoms with Crippen LogP contribution in [0.2, 0.25) is 0 Å². The van der Waals surface area contributed by atoms with Crippen LogP contribution in [-0.4, -0.2) is 35.0 Å². The number of hydrogen-bond acceptors (Lipinski definition) is 5. The first kappa shape index (κ1) is 27.5. The summed E-state index contributed by atoms with van der Waals surface area (Å²) < 4.78 is 85.5. The van der Waals surface area contributed by atoms with Crippen molar-refractivity contribution >= 4 is 17.5 Å². The molecule has 2 aliphatic rings. The number of hydrogen-bond donors (Lipinski definition) is 0. The van der Waals surface area contributed by atoms with E-state index in [-0.39, 0.29) is 18.3 Å². The number of carbonyl (C=O) groups excluding carboxylic acids is 1. The standard InChI is InChI=1S/C25H25F6N3O4/c1-14-4-3-7-32(12-14)21-6-5-20(34(36)37)10-17(21)13-33-15(2)22(38-23(33)35)16-8-18(24(26,27)28)11-19(9-16)25(29,30)31/h5-6,8-11,14-15,22H,3-4,7,12-13H2,1-2H3/t14?,15-,22-/m0/s1. The van der Waals surface area contributed by atoms with Crippen molar-refractivity contribution in [1.29, 1.82) is 0 Å². The third kappa shape index (κ3) is 5.65. The quantitative estimate of drug-likeness (QED) is 0.231. The van der Waals surface area contributed by atoms with Crippen LogP contribution < -0.4 is 4.90 Å². The molecule has 2 aromatic rings. The highest BCUT2D eigenvalue weighted by Crippen LogP contribution is 2.41. The zero-order valence-electron chi connectivity index (χ0n) is 20.5. The Bertz CT molecular complexity index is 1200. The summed E-state index contributed by atoms with van der Waals surface area (Å²) in [6.07, 6.45) is -10.5. The normalized spacial score (nSPS) is 22.5. The van der Waals surface area contributed by atoms with E-state index < -0.39 is 52.2 Å². The number of non-ortho nitro benzene ring substituents is 1. The van der Waals surface area contributed by atoms with Crippen molar-refractivity contribution in [2.75, 3.05) is 18.0 Å². The number of rotatable bonds is 5. The predicted molar refractivity (Wildman–Crippen MR) is 124 cm³/mol. The number of benzene rings is 2. The molecule has 13 heteroatoms. The Kier molecular flexibility index (Phi) is 7.23. The third-order valence-electron chi connectivity index (χ3n) is 6.94. The molecule has 1 amide bonds. The molecular formula is C25H25F6N3O4. The Morgan fingerprint density at radius 3 is 2.21 bits per heavy atom. The minimum absolute atomic E-state index is 0.0116. The second-order valence-electron chi connectivity index (χ2n) is 9.78. The van der Waals surface area contributed by atoms with Gasteiger partial charge in [-0.15, -0.1) is 0 Å². The third-order valence-corrected chi connectivity index (χ3v) is 6.94. The largest absolute Gasteiger partial charge is 0.439 e. The lowest BCUT2D eigenvalue weighted by molar-refractivity contribution is -0.384. The van der Waals surface area contributed by atoms with Crippen LogP contribution in [0.4, 0.5) is 42.5 Å². The van der Waals surface area contributed by atoms with Gasteiger partial charge in [-0.05, 0) is 55.5 Å². The van der Waals surface area contributed by atoms with E-state index in [0.29, 0.717) is 42.4 Å². The molecule has 0 saturated carbocycles. The summed E-state index contributed by atoms with van der Waals surface area (Å²) in [4.78, 5) is 26.9. The summed E-state index contributed by atoms with van der Waals surface area (Å²) >= 11 is 0. The van der Waals surface area contributed by atoms with E-state index in [1.165, 1.54) is 19.1 Å². The topological polar surface area (TPSA) is 75.9 Å². The fraction of sp³-hybridized carbons (Fsp3) is 0.480. The Morgan fingerprint density at radius 2 is 1.66 bits per heavy atom. The fourth-order valence-corrected chi connectivity index (χ4v) is 5.02. The lowest BCUT2D eigenvalue weighted by Crippen LogP contribution is -2.36. The molecule has 2 aliphatic heterocycles. The van der Waals surface area contributed by atoms with E-state index in [4.69, 9.17) is 4.74 Å². The summed E-state index contributed by atoms with van der Waals surface area (Å²) in [5, 5.41) is 11.4. The van der Waals surface area contributed by atoms with Gasteiger partial charge in [0.05, 0.1) is 28.6 Å². The molecule has 7 nitrogen and oxygen atoms in total. The predicted octanol–water partition coefficient (Wildman–Crippen LogP) is 6.95. The smallest absolute Gasteiger partial charge is 0.416 e. The van der Waals surface area contributed by atoms with Crippen molar-refractivity contribution in [2.45, 2.75) is 57.7 Å². The van der Waals surface area contributed by atoms with Crippen LogP contribution in [0.3, 0.4) is 0 Å². The van der Waals surface area contributed by atoms with Gasteiger partial charge in [-0.25, -0.2) is 4.79 Å². The van der Waals surface area contributed by atoms with Crippen molar-refractivity contribution in [3.8, 4) is 0 Å². The fourth-order valence-electron chi connectivity index (χ4n) is 5.02. The summed E-state index contributed by atoms with van der Waals surface area (Å²) in [6.45, 7) is 4.73. The van der Waals surface area contributed by atoms with Crippen molar-refractivity contribution in [3.63, 3.8) is 0 Å². The number of piperidine rings is 1.